The molecule has 0 aromatic carbocycles. The van der Waals surface area contributed by atoms with E-state index >= 15 is 0 Å². The monoisotopic (exact) mass is 309 g/mol. The highest BCUT2D eigenvalue weighted by Gasteiger charge is 2.15. The van der Waals surface area contributed by atoms with E-state index in [0.29, 0.717) is 0 Å². The lowest BCUT2D eigenvalue weighted by atomic mass is 10.0. The molecule has 0 bridgehead atoms. The van der Waals surface area contributed by atoms with E-state index in [2.05, 4.69) is 38.4 Å². The third-order valence-electron chi connectivity index (χ3n) is 2.67. The number of rotatable bonds is 5. The summed E-state index contributed by atoms with van der Waals surface area (Å²) in [6, 6.07) is 1.90. The van der Waals surface area contributed by atoms with Crippen molar-refractivity contribution < 1.29 is 0 Å². The van der Waals surface area contributed by atoms with Crippen molar-refractivity contribution in [2.75, 3.05) is 0 Å². The Kier molecular flexibility index (Phi) is 4.46. The molecule has 0 spiro atoms. The van der Waals surface area contributed by atoms with E-state index in [0.717, 1.165) is 28.6 Å². The maximum absolute atomic E-state index is 5.64. The van der Waals surface area contributed by atoms with E-state index in [1.165, 1.54) is 0 Å². The van der Waals surface area contributed by atoms with Crippen LogP contribution in [0.2, 0.25) is 0 Å². The molecule has 2 rings (SSSR count). The van der Waals surface area contributed by atoms with Gasteiger partial charge in [-0.25, -0.2) is 5.43 Å². The number of nitrogens with zero attached hydrogens (tertiary/aromatic N) is 3. The van der Waals surface area contributed by atoms with Gasteiger partial charge in [0.25, 0.3) is 0 Å². The lowest BCUT2D eigenvalue weighted by Gasteiger charge is -2.14. The van der Waals surface area contributed by atoms with Crippen LogP contribution >= 0.6 is 15.9 Å². The highest BCUT2D eigenvalue weighted by Crippen LogP contribution is 2.22. The number of hydrogen-bond acceptors (Lipinski definition) is 4. The van der Waals surface area contributed by atoms with Crippen molar-refractivity contribution in [3.8, 4) is 0 Å². The van der Waals surface area contributed by atoms with Crippen LogP contribution < -0.4 is 11.3 Å². The normalized spacial score (nSPS) is 12.6. The zero-order valence-electron chi connectivity index (χ0n) is 10.2. The molecule has 0 saturated heterocycles. The Morgan fingerprint density at radius 1 is 1.39 bits per heavy atom. The first-order chi connectivity index (χ1) is 8.74. The molecule has 5 nitrogen and oxygen atoms in total. The molecule has 0 saturated carbocycles. The summed E-state index contributed by atoms with van der Waals surface area (Å²) in [7, 11) is 0. The Morgan fingerprint density at radius 2 is 2.22 bits per heavy atom. The Labute approximate surface area is 115 Å². The number of aryl methyl sites for hydroxylation is 1. The fraction of sp³-hybridized carbons (Fsp3) is 0.333. The molecular formula is C12H16BrN5. The molecule has 0 aliphatic heterocycles. The first-order valence-electron chi connectivity index (χ1n) is 5.83. The average molecular weight is 310 g/mol. The standard InChI is InChI=1S/C12H16BrN5/c1-2-3-18-8-10(6-16-18)12(17-14)9-4-11(13)7-15-5-9/h4-8,12,17H,2-3,14H2,1H3. The summed E-state index contributed by atoms with van der Waals surface area (Å²) >= 11 is 3.41. The Bertz CT molecular complexity index is 511. The molecule has 2 heterocycles. The van der Waals surface area contributed by atoms with Crippen molar-refractivity contribution >= 4 is 15.9 Å². The van der Waals surface area contributed by atoms with Crippen LogP contribution in [0, 0.1) is 0 Å². The number of aromatic nitrogens is 3. The van der Waals surface area contributed by atoms with Gasteiger partial charge in [0.05, 0.1) is 12.2 Å². The summed E-state index contributed by atoms with van der Waals surface area (Å²) in [6.07, 6.45) is 8.44. The molecule has 18 heavy (non-hydrogen) atoms. The van der Waals surface area contributed by atoms with Gasteiger partial charge in [0.2, 0.25) is 0 Å². The van der Waals surface area contributed by atoms with E-state index in [-0.39, 0.29) is 6.04 Å². The van der Waals surface area contributed by atoms with Gasteiger partial charge in [0.1, 0.15) is 0 Å². The second kappa shape index (κ2) is 6.08. The zero-order chi connectivity index (χ0) is 13.0. The van der Waals surface area contributed by atoms with Crippen molar-refractivity contribution in [3.63, 3.8) is 0 Å². The molecule has 1 unspecified atom stereocenters. The fourth-order valence-electron chi connectivity index (χ4n) is 1.85. The molecule has 3 N–H and O–H groups in total. The van der Waals surface area contributed by atoms with Crippen LogP contribution in [0.5, 0.6) is 0 Å². The quantitative estimate of drug-likeness (QED) is 0.655. The summed E-state index contributed by atoms with van der Waals surface area (Å²) in [5.74, 6) is 5.64. The number of hydrogen-bond donors (Lipinski definition) is 2. The lowest BCUT2D eigenvalue weighted by Crippen LogP contribution is -2.28. The largest absolute Gasteiger partial charge is 0.272 e. The summed E-state index contributed by atoms with van der Waals surface area (Å²) in [5.41, 5.74) is 4.84. The molecule has 0 fully saturated rings. The predicted octanol–water partition coefficient (Wildman–Crippen LogP) is 2.00. The molecule has 6 heteroatoms. The SMILES string of the molecule is CCCn1cc(C(NN)c2cncc(Br)c2)cn1. The molecule has 96 valence electrons. The highest BCUT2D eigenvalue weighted by atomic mass is 79.9. The third-order valence-corrected chi connectivity index (χ3v) is 3.10. The van der Waals surface area contributed by atoms with Crippen molar-refractivity contribution in [1.82, 2.24) is 20.2 Å². The predicted molar refractivity (Wildman–Crippen MR) is 73.6 cm³/mol. The number of pyridine rings is 1. The van der Waals surface area contributed by atoms with Gasteiger partial charge in [-0.05, 0) is 34.0 Å². The minimum atomic E-state index is -0.0967. The van der Waals surface area contributed by atoms with Crippen LogP contribution in [0.25, 0.3) is 0 Å². The molecule has 0 aliphatic carbocycles. The smallest absolute Gasteiger partial charge is 0.0755 e. The minimum absolute atomic E-state index is 0.0967. The van der Waals surface area contributed by atoms with Gasteiger partial charge in [0, 0.05) is 35.2 Å². The van der Waals surface area contributed by atoms with Gasteiger partial charge in [0.15, 0.2) is 0 Å². The van der Waals surface area contributed by atoms with E-state index in [4.69, 9.17) is 5.84 Å². The molecule has 2 aromatic heterocycles. The van der Waals surface area contributed by atoms with Gasteiger partial charge in [-0.15, -0.1) is 0 Å². The number of hydrazine groups is 1. The van der Waals surface area contributed by atoms with Crippen molar-refractivity contribution in [1.29, 1.82) is 0 Å². The summed E-state index contributed by atoms with van der Waals surface area (Å²) in [6.45, 7) is 3.03. The topological polar surface area (TPSA) is 68.8 Å². The first kappa shape index (κ1) is 13.2. The number of nitrogens with two attached hydrogens (primary N) is 1. The second-order valence-electron chi connectivity index (χ2n) is 4.07. The van der Waals surface area contributed by atoms with Gasteiger partial charge in [-0.2, -0.15) is 5.10 Å². The van der Waals surface area contributed by atoms with Gasteiger partial charge >= 0.3 is 0 Å². The molecule has 0 radical (unpaired) electrons. The molecule has 1 atom stereocenters. The van der Waals surface area contributed by atoms with Crippen LogP contribution in [0.1, 0.15) is 30.5 Å². The summed E-state index contributed by atoms with van der Waals surface area (Å²) in [5, 5.41) is 4.31. The van der Waals surface area contributed by atoms with Crippen molar-refractivity contribution in [2.45, 2.75) is 25.9 Å². The van der Waals surface area contributed by atoms with Crippen LogP contribution in [0.4, 0.5) is 0 Å². The van der Waals surface area contributed by atoms with E-state index in [1.807, 2.05) is 23.1 Å². The summed E-state index contributed by atoms with van der Waals surface area (Å²) < 4.78 is 2.85. The zero-order valence-corrected chi connectivity index (χ0v) is 11.8. The van der Waals surface area contributed by atoms with E-state index < -0.39 is 0 Å². The summed E-state index contributed by atoms with van der Waals surface area (Å²) in [4.78, 5) is 4.15. The number of nitrogens with one attached hydrogen (secondary N) is 1. The first-order valence-corrected chi connectivity index (χ1v) is 6.62. The van der Waals surface area contributed by atoms with Gasteiger partial charge < -0.3 is 0 Å². The minimum Gasteiger partial charge on any atom is -0.272 e. The molecule has 2 aromatic rings. The molecule has 0 amide bonds. The van der Waals surface area contributed by atoms with E-state index in [1.54, 1.807) is 12.4 Å². The van der Waals surface area contributed by atoms with E-state index in [9.17, 15) is 0 Å². The fourth-order valence-corrected chi connectivity index (χ4v) is 2.23. The van der Waals surface area contributed by atoms with Crippen molar-refractivity contribution in [2.24, 2.45) is 5.84 Å². The van der Waals surface area contributed by atoms with Crippen LogP contribution in [0.3, 0.4) is 0 Å². The van der Waals surface area contributed by atoms with Crippen LogP contribution in [0.15, 0.2) is 35.3 Å². The number of halogens is 1. The van der Waals surface area contributed by atoms with Crippen LogP contribution in [-0.4, -0.2) is 14.8 Å². The van der Waals surface area contributed by atoms with Gasteiger partial charge in [-0.1, -0.05) is 6.92 Å². The Morgan fingerprint density at radius 3 is 2.89 bits per heavy atom. The Hall–Kier alpha value is -1.24. The van der Waals surface area contributed by atoms with Crippen molar-refractivity contribution in [3.05, 3.63) is 46.5 Å². The lowest BCUT2D eigenvalue weighted by molar-refractivity contribution is 0.597. The van der Waals surface area contributed by atoms with Crippen LogP contribution in [-0.2, 0) is 6.54 Å². The maximum atomic E-state index is 5.64. The third kappa shape index (κ3) is 2.95. The second-order valence-corrected chi connectivity index (χ2v) is 4.99. The highest BCUT2D eigenvalue weighted by molar-refractivity contribution is 9.10. The molecular weight excluding hydrogens is 294 g/mol. The average Bonchev–Trinajstić information content (AvgIpc) is 2.79. The van der Waals surface area contributed by atoms with Gasteiger partial charge in [-0.3, -0.25) is 15.5 Å². The maximum Gasteiger partial charge on any atom is 0.0755 e. The molecule has 0 aliphatic rings. The Balaban J connectivity index is 2.27.